The molecule has 2 fully saturated rings. The van der Waals surface area contributed by atoms with Crippen molar-refractivity contribution in [2.75, 3.05) is 55.0 Å². The molecule has 37 heavy (non-hydrogen) atoms. The van der Waals surface area contributed by atoms with E-state index in [1.54, 1.807) is 24.1 Å². The molecule has 2 amide bonds. The number of methoxy groups -OCH3 is 1. The quantitative estimate of drug-likeness (QED) is 0.550. The van der Waals surface area contributed by atoms with Gasteiger partial charge in [-0.1, -0.05) is 0 Å². The zero-order valence-corrected chi connectivity index (χ0v) is 20.9. The van der Waals surface area contributed by atoms with Gasteiger partial charge in [-0.15, -0.1) is 0 Å². The van der Waals surface area contributed by atoms with Gasteiger partial charge in [0, 0.05) is 62.3 Å². The Balaban J connectivity index is 1.19. The van der Waals surface area contributed by atoms with E-state index in [-0.39, 0.29) is 24.1 Å². The summed E-state index contributed by atoms with van der Waals surface area (Å²) in [5.41, 5.74) is 2.34. The number of amides is 2. The van der Waals surface area contributed by atoms with Crippen LogP contribution in [-0.4, -0.2) is 66.5 Å². The lowest BCUT2D eigenvalue weighted by Crippen LogP contribution is -2.51. The number of halogens is 1. The summed E-state index contributed by atoms with van der Waals surface area (Å²) in [6.45, 7) is 4.48. The topological polar surface area (TPSA) is 90.9 Å². The summed E-state index contributed by atoms with van der Waals surface area (Å²) in [6, 6.07) is 15.3. The molecule has 2 aliphatic rings. The lowest BCUT2D eigenvalue weighted by Gasteiger charge is -2.36. The number of anilines is 4. The van der Waals surface area contributed by atoms with Gasteiger partial charge in [0.05, 0.1) is 13.0 Å². The molecule has 1 N–H and O–H groups in total. The molecule has 0 saturated carbocycles. The number of carbonyl (C=O) groups excluding carboxylic acids is 2. The molecule has 3 aromatic rings. The van der Waals surface area contributed by atoms with E-state index in [9.17, 15) is 14.0 Å². The number of aryl methyl sites for hydroxylation is 1. The average Bonchev–Trinajstić information content (AvgIpc) is 3.30. The summed E-state index contributed by atoms with van der Waals surface area (Å²) in [6.07, 6.45) is 0.164. The highest BCUT2D eigenvalue weighted by Crippen LogP contribution is 2.27. The van der Waals surface area contributed by atoms with Crippen LogP contribution in [0, 0.1) is 18.7 Å². The Hall–Kier alpha value is -4.21. The van der Waals surface area contributed by atoms with Crippen LogP contribution in [0.5, 0.6) is 5.75 Å². The molecule has 0 bridgehead atoms. The smallest absolute Gasteiger partial charge is 0.228 e. The minimum atomic E-state index is -0.403. The minimum absolute atomic E-state index is 0.0235. The molecule has 9 nitrogen and oxygen atoms in total. The zero-order chi connectivity index (χ0) is 25.9. The second kappa shape index (κ2) is 10.4. The van der Waals surface area contributed by atoms with Crippen molar-refractivity contribution >= 4 is 35.0 Å². The lowest BCUT2D eigenvalue weighted by atomic mass is 10.1. The van der Waals surface area contributed by atoms with E-state index >= 15 is 0 Å². The van der Waals surface area contributed by atoms with Crippen molar-refractivity contribution in [1.29, 1.82) is 0 Å². The van der Waals surface area contributed by atoms with E-state index in [2.05, 4.69) is 15.2 Å². The van der Waals surface area contributed by atoms with Crippen molar-refractivity contribution in [3.05, 3.63) is 66.1 Å². The Morgan fingerprint density at radius 1 is 1.03 bits per heavy atom. The number of benzene rings is 2. The highest BCUT2D eigenvalue weighted by atomic mass is 19.1. The molecule has 5 rings (SSSR count). The predicted molar refractivity (Wildman–Crippen MR) is 139 cm³/mol. The summed E-state index contributed by atoms with van der Waals surface area (Å²) in [5.74, 6) is 1.18. The van der Waals surface area contributed by atoms with Crippen molar-refractivity contribution in [2.24, 2.45) is 5.92 Å². The van der Waals surface area contributed by atoms with Crippen LogP contribution in [0.2, 0.25) is 0 Å². The molecule has 2 aromatic carbocycles. The van der Waals surface area contributed by atoms with Gasteiger partial charge in [0.25, 0.3) is 0 Å². The third-order valence-corrected chi connectivity index (χ3v) is 6.69. The number of nitrogens with zero attached hydrogens (tertiary/aromatic N) is 5. The average molecular weight is 505 g/mol. The van der Waals surface area contributed by atoms with Gasteiger partial charge < -0.3 is 24.8 Å². The van der Waals surface area contributed by atoms with E-state index in [1.807, 2.05) is 42.2 Å². The van der Waals surface area contributed by atoms with Gasteiger partial charge >= 0.3 is 0 Å². The largest absolute Gasteiger partial charge is 0.497 e. The van der Waals surface area contributed by atoms with Gasteiger partial charge in [-0.25, -0.2) is 9.37 Å². The van der Waals surface area contributed by atoms with Crippen molar-refractivity contribution in [1.82, 2.24) is 14.9 Å². The lowest BCUT2D eigenvalue weighted by molar-refractivity contribution is -0.136. The first-order chi connectivity index (χ1) is 17.9. The fourth-order valence-electron chi connectivity index (χ4n) is 4.71. The summed E-state index contributed by atoms with van der Waals surface area (Å²) < 4.78 is 18.5. The molecule has 0 radical (unpaired) electrons. The maximum absolute atomic E-state index is 13.3. The first kappa shape index (κ1) is 24.5. The normalized spacial score (nSPS) is 17.8. The number of rotatable bonds is 6. The van der Waals surface area contributed by atoms with E-state index < -0.39 is 5.92 Å². The SMILES string of the molecule is COc1ccc(Nc2cc(C)nc(N3CCN(C(=O)C4CC(=O)N(c5ccc(F)cc5)C4)CC3)n2)cc1. The van der Waals surface area contributed by atoms with Crippen LogP contribution in [-0.2, 0) is 9.59 Å². The summed E-state index contributed by atoms with van der Waals surface area (Å²) >= 11 is 0. The zero-order valence-electron chi connectivity index (χ0n) is 20.9. The minimum Gasteiger partial charge on any atom is -0.497 e. The number of nitrogens with one attached hydrogen (secondary N) is 1. The molecular weight excluding hydrogens is 475 g/mol. The molecule has 3 heterocycles. The first-order valence-corrected chi connectivity index (χ1v) is 12.3. The second-order valence-electron chi connectivity index (χ2n) is 9.24. The fourth-order valence-corrected chi connectivity index (χ4v) is 4.71. The fraction of sp³-hybridized carbons (Fsp3) is 0.333. The van der Waals surface area contributed by atoms with Gasteiger partial charge in [-0.3, -0.25) is 9.59 Å². The van der Waals surface area contributed by atoms with Crippen LogP contribution in [0.1, 0.15) is 12.1 Å². The molecule has 2 aliphatic heterocycles. The highest BCUT2D eigenvalue weighted by molar-refractivity contribution is 6.00. The number of ether oxygens (including phenoxy) is 1. The van der Waals surface area contributed by atoms with Crippen LogP contribution < -0.4 is 19.9 Å². The monoisotopic (exact) mass is 504 g/mol. The maximum atomic E-state index is 13.3. The highest BCUT2D eigenvalue weighted by Gasteiger charge is 2.38. The van der Waals surface area contributed by atoms with Crippen molar-refractivity contribution in [3.63, 3.8) is 0 Å². The molecule has 1 unspecified atom stereocenters. The third-order valence-electron chi connectivity index (χ3n) is 6.69. The molecule has 2 saturated heterocycles. The van der Waals surface area contributed by atoms with Gasteiger partial charge in [0.2, 0.25) is 17.8 Å². The molecule has 0 spiro atoms. The number of hydrogen-bond donors (Lipinski definition) is 1. The summed E-state index contributed by atoms with van der Waals surface area (Å²) in [7, 11) is 1.63. The van der Waals surface area contributed by atoms with Crippen LogP contribution in [0.3, 0.4) is 0 Å². The number of hydrogen-bond acceptors (Lipinski definition) is 7. The predicted octanol–water partition coefficient (Wildman–Crippen LogP) is 3.38. The number of piperazine rings is 1. The Morgan fingerprint density at radius 2 is 1.73 bits per heavy atom. The van der Waals surface area contributed by atoms with Crippen LogP contribution >= 0.6 is 0 Å². The first-order valence-electron chi connectivity index (χ1n) is 12.3. The molecule has 1 atom stereocenters. The van der Waals surface area contributed by atoms with Gasteiger partial charge in [0.15, 0.2) is 0 Å². The van der Waals surface area contributed by atoms with E-state index in [4.69, 9.17) is 9.72 Å². The summed E-state index contributed by atoms with van der Waals surface area (Å²) in [5, 5.41) is 3.31. The molecule has 0 aliphatic carbocycles. The van der Waals surface area contributed by atoms with E-state index in [0.29, 0.717) is 50.2 Å². The van der Waals surface area contributed by atoms with Crippen molar-refractivity contribution in [2.45, 2.75) is 13.3 Å². The maximum Gasteiger partial charge on any atom is 0.228 e. The molecule has 1 aromatic heterocycles. The van der Waals surface area contributed by atoms with E-state index in [1.165, 1.54) is 12.1 Å². The Morgan fingerprint density at radius 3 is 2.41 bits per heavy atom. The number of aromatic nitrogens is 2. The third kappa shape index (κ3) is 5.47. The van der Waals surface area contributed by atoms with Gasteiger partial charge in [0.1, 0.15) is 17.4 Å². The van der Waals surface area contributed by atoms with Crippen molar-refractivity contribution < 1.29 is 18.7 Å². The summed E-state index contributed by atoms with van der Waals surface area (Å²) in [4.78, 5) is 40.5. The number of carbonyl (C=O) groups is 2. The Kier molecular flexibility index (Phi) is 6.89. The molecule has 10 heteroatoms. The van der Waals surface area contributed by atoms with E-state index in [0.717, 1.165) is 17.1 Å². The van der Waals surface area contributed by atoms with Crippen LogP contribution in [0.4, 0.5) is 27.5 Å². The van der Waals surface area contributed by atoms with Gasteiger partial charge in [-0.2, -0.15) is 4.98 Å². The molecular formula is C27H29FN6O3. The van der Waals surface area contributed by atoms with Crippen molar-refractivity contribution in [3.8, 4) is 5.75 Å². The van der Waals surface area contributed by atoms with Crippen LogP contribution in [0.25, 0.3) is 0 Å². The second-order valence-corrected chi connectivity index (χ2v) is 9.24. The van der Waals surface area contributed by atoms with Gasteiger partial charge in [-0.05, 0) is 55.5 Å². The Labute approximate surface area is 214 Å². The van der Waals surface area contributed by atoms with Crippen LogP contribution in [0.15, 0.2) is 54.6 Å². The Bertz CT molecular complexity index is 1280. The standard InChI is InChI=1S/C27H29FN6O3/c1-18-15-24(30-21-5-9-23(37-2)10-6-21)31-27(29-18)33-13-11-32(12-14-33)26(36)19-16-25(35)34(17-19)22-7-3-20(28)4-8-22/h3-10,15,19H,11-14,16-17H2,1-2H3,(H,29,30,31). The molecule has 192 valence electrons.